The first kappa shape index (κ1) is 16.4. The Labute approximate surface area is 132 Å². The fraction of sp³-hybridized carbons (Fsp3) is 0.692. The first-order valence-electron chi connectivity index (χ1n) is 7.04. The van der Waals surface area contributed by atoms with Crippen LogP contribution in [-0.2, 0) is 11.3 Å². The van der Waals surface area contributed by atoms with Crippen molar-refractivity contribution >= 4 is 21.6 Å². The number of nitrogens with zero attached hydrogens (tertiary/aromatic N) is 3. The Morgan fingerprint density at radius 2 is 2.43 bits per heavy atom. The van der Waals surface area contributed by atoms with E-state index in [2.05, 4.69) is 31.7 Å². The molecule has 1 aliphatic heterocycles. The summed E-state index contributed by atoms with van der Waals surface area (Å²) in [6, 6.07) is 0. The van der Waals surface area contributed by atoms with Gasteiger partial charge in [0.1, 0.15) is 4.47 Å². The third-order valence-corrected chi connectivity index (χ3v) is 4.03. The molecular formula is C13H22BrN5O2. The SMILES string of the molecule is CN(C)CCn1ncc(NCC2CNCCO2)c(Br)c1=O. The highest BCUT2D eigenvalue weighted by Crippen LogP contribution is 2.16. The molecule has 2 rings (SSSR count). The Hall–Kier alpha value is -0.960. The predicted octanol–water partition coefficient (Wildman–Crippen LogP) is -0.0323. The average molecular weight is 360 g/mol. The van der Waals surface area contributed by atoms with Crippen LogP contribution in [0, 0.1) is 0 Å². The van der Waals surface area contributed by atoms with Crippen LogP contribution in [0.1, 0.15) is 0 Å². The minimum atomic E-state index is -0.121. The molecule has 1 aromatic heterocycles. The van der Waals surface area contributed by atoms with Crippen LogP contribution in [0.25, 0.3) is 0 Å². The number of aromatic nitrogens is 2. The molecule has 7 nitrogen and oxygen atoms in total. The molecule has 0 saturated carbocycles. The number of rotatable bonds is 6. The number of halogens is 1. The molecule has 1 fully saturated rings. The van der Waals surface area contributed by atoms with Crippen LogP contribution in [0.2, 0.25) is 0 Å². The van der Waals surface area contributed by atoms with E-state index in [9.17, 15) is 4.79 Å². The van der Waals surface area contributed by atoms with Gasteiger partial charge in [0, 0.05) is 26.2 Å². The first-order valence-corrected chi connectivity index (χ1v) is 7.84. The zero-order valence-electron chi connectivity index (χ0n) is 12.4. The molecule has 1 unspecified atom stereocenters. The van der Waals surface area contributed by atoms with Gasteiger partial charge in [0.2, 0.25) is 0 Å². The van der Waals surface area contributed by atoms with E-state index in [1.54, 1.807) is 6.20 Å². The second-order valence-electron chi connectivity index (χ2n) is 5.28. The molecule has 0 radical (unpaired) electrons. The summed E-state index contributed by atoms with van der Waals surface area (Å²) >= 11 is 3.36. The van der Waals surface area contributed by atoms with Crippen molar-refractivity contribution in [1.82, 2.24) is 20.0 Å². The second-order valence-corrected chi connectivity index (χ2v) is 6.07. The number of ether oxygens (including phenoxy) is 1. The molecule has 1 aliphatic rings. The van der Waals surface area contributed by atoms with Gasteiger partial charge in [-0.3, -0.25) is 4.79 Å². The molecule has 1 saturated heterocycles. The standard InChI is InChI=1S/C13H22BrN5O2/c1-18(2)4-5-19-13(20)12(14)11(9-17-19)16-8-10-7-15-3-6-21-10/h9-10,15-16H,3-8H2,1-2H3. The second kappa shape index (κ2) is 7.88. The highest BCUT2D eigenvalue weighted by molar-refractivity contribution is 9.10. The van der Waals surface area contributed by atoms with Gasteiger partial charge in [0.15, 0.2) is 0 Å². The molecule has 2 heterocycles. The fourth-order valence-electron chi connectivity index (χ4n) is 2.02. The smallest absolute Gasteiger partial charge is 0.283 e. The van der Waals surface area contributed by atoms with Gasteiger partial charge in [0.05, 0.1) is 31.1 Å². The summed E-state index contributed by atoms with van der Waals surface area (Å²) in [5.74, 6) is 0. The van der Waals surface area contributed by atoms with Crippen molar-refractivity contribution in [3.05, 3.63) is 21.0 Å². The zero-order valence-corrected chi connectivity index (χ0v) is 14.0. The molecule has 0 spiro atoms. The fourth-order valence-corrected chi connectivity index (χ4v) is 2.46. The van der Waals surface area contributed by atoms with E-state index in [4.69, 9.17) is 4.74 Å². The number of hydrogen-bond donors (Lipinski definition) is 2. The van der Waals surface area contributed by atoms with E-state index >= 15 is 0 Å². The average Bonchev–Trinajstić information content (AvgIpc) is 2.48. The maximum Gasteiger partial charge on any atom is 0.283 e. The Morgan fingerprint density at radius 1 is 1.62 bits per heavy atom. The van der Waals surface area contributed by atoms with E-state index in [1.807, 2.05) is 19.0 Å². The van der Waals surface area contributed by atoms with Crippen molar-refractivity contribution < 1.29 is 4.74 Å². The molecule has 118 valence electrons. The first-order chi connectivity index (χ1) is 10.1. The largest absolute Gasteiger partial charge is 0.380 e. The van der Waals surface area contributed by atoms with Gasteiger partial charge in [0.25, 0.3) is 5.56 Å². The van der Waals surface area contributed by atoms with E-state index in [-0.39, 0.29) is 11.7 Å². The van der Waals surface area contributed by atoms with E-state index in [1.165, 1.54) is 4.68 Å². The molecule has 21 heavy (non-hydrogen) atoms. The number of morpholine rings is 1. The van der Waals surface area contributed by atoms with Crippen LogP contribution in [0.15, 0.2) is 15.5 Å². The zero-order chi connectivity index (χ0) is 15.2. The van der Waals surface area contributed by atoms with Gasteiger partial charge < -0.3 is 20.3 Å². The molecular weight excluding hydrogens is 338 g/mol. The molecule has 2 N–H and O–H groups in total. The molecule has 0 aromatic carbocycles. The van der Waals surface area contributed by atoms with Gasteiger partial charge in [-0.15, -0.1) is 0 Å². The lowest BCUT2D eigenvalue weighted by molar-refractivity contribution is 0.0372. The highest BCUT2D eigenvalue weighted by Gasteiger charge is 2.15. The van der Waals surface area contributed by atoms with Crippen molar-refractivity contribution in [3.8, 4) is 0 Å². The van der Waals surface area contributed by atoms with Crippen LogP contribution in [-0.4, -0.2) is 67.7 Å². The summed E-state index contributed by atoms with van der Waals surface area (Å²) in [4.78, 5) is 14.2. The van der Waals surface area contributed by atoms with Crippen LogP contribution >= 0.6 is 15.9 Å². The van der Waals surface area contributed by atoms with Gasteiger partial charge in [-0.05, 0) is 30.0 Å². The monoisotopic (exact) mass is 359 g/mol. The summed E-state index contributed by atoms with van der Waals surface area (Å²) < 4.78 is 7.59. The van der Waals surface area contributed by atoms with Crippen molar-refractivity contribution in [1.29, 1.82) is 0 Å². The third kappa shape index (κ3) is 4.77. The summed E-state index contributed by atoms with van der Waals surface area (Å²) in [7, 11) is 3.93. The summed E-state index contributed by atoms with van der Waals surface area (Å²) in [6.45, 7) is 4.42. The molecule has 8 heteroatoms. The lowest BCUT2D eigenvalue weighted by atomic mass is 10.3. The molecule has 1 aromatic rings. The van der Waals surface area contributed by atoms with Gasteiger partial charge in [-0.1, -0.05) is 0 Å². The maximum atomic E-state index is 12.2. The number of likely N-dealkylation sites (N-methyl/N-ethyl adjacent to an activating group) is 1. The van der Waals surface area contributed by atoms with Crippen molar-refractivity contribution in [2.45, 2.75) is 12.6 Å². The highest BCUT2D eigenvalue weighted by atomic mass is 79.9. The Morgan fingerprint density at radius 3 is 3.10 bits per heavy atom. The minimum Gasteiger partial charge on any atom is -0.380 e. The van der Waals surface area contributed by atoms with E-state index in [0.29, 0.717) is 23.2 Å². The lowest BCUT2D eigenvalue weighted by Gasteiger charge is -2.24. The predicted molar refractivity (Wildman–Crippen MR) is 85.9 cm³/mol. The van der Waals surface area contributed by atoms with Gasteiger partial charge >= 0.3 is 0 Å². The summed E-state index contributed by atoms with van der Waals surface area (Å²) in [6.07, 6.45) is 1.79. The van der Waals surface area contributed by atoms with E-state index < -0.39 is 0 Å². The summed E-state index contributed by atoms with van der Waals surface area (Å²) in [5, 5.41) is 10.7. The minimum absolute atomic E-state index is 0.113. The molecule has 0 bridgehead atoms. The van der Waals surface area contributed by atoms with Gasteiger partial charge in [-0.25, -0.2) is 4.68 Å². The topological polar surface area (TPSA) is 71.4 Å². The number of hydrogen-bond acceptors (Lipinski definition) is 6. The Bertz CT molecular complexity index is 514. The maximum absolute atomic E-state index is 12.2. The quantitative estimate of drug-likeness (QED) is 0.743. The van der Waals surface area contributed by atoms with E-state index in [0.717, 1.165) is 26.2 Å². The van der Waals surface area contributed by atoms with Crippen LogP contribution in [0.3, 0.4) is 0 Å². The van der Waals surface area contributed by atoms with Crippen molar-refractivity contribution in [2.24, 2.45) is 0 Å². The molecule has 0 amide bonds. The van der Waals surface area contributed by atoms with Crippen LogP contribution < -0.4 is 16.2 Å². The Balaban J connectivity index is 1.97. The Kier molecular flexibility index (Phi) is 6.16. The van der Waals surface area contributed by atoms with Crippen LogP contribution in [0.5, 0.6) is 0 Å². The van der Waals surface area contributed by atoms with Crippen molar-refractivity contribution in [2.75, 3.05) is 52.2 Å². The van der Waals surface area contributed by atoms with Crippen molar-refractivity contribution in [3.63, 3.8) is 0 Å². The van der Waals surface area contributed by atoms with Crippen LogP contribution in [0.4, 0.5) is 5.69 Å². The normalized spacial score (nSPS) is 19.0. The third-order valence-electron chi connectivity index (χ3n) is 3.27. The number of nitrogens with one attached hydrogen (secondary N) is 2. The van der Waals surface area contributed by atoms with Gasteiger partial charge in [-0.2, -0.15) is 5.10 Å². The molecule has 1 atom stereocenters. The molecule has 0 aliphatic carbocycles. The number of anilines is 1. The lowest BCUT2D eigenvalue weighted by Crippen LogP contribution is -2.42. The summed E-state index contributed by atoms with van der Waals surface area (Å²) in [5.41, 5.74) is 0.583.